The van der Waals surface area contributed by atoms with E-state index in [0.717, 1.165) is 56.0 Å². The Labute approximate surface area is 243 Å². The summed E-state index contributed by atoms with van der Waals surface area (Å²) in [6.07, 6.45) is 5.32. The van der Waals surface area contributed by atoms with Crippen molar-refractivity contribution in [2.75, 3.05) is 61.8 Å². The van der Waals surface area contributed by atoms with Crippen LogP contribution < -0.4 is 18.9 Å². The fourth-order valence-corrected chi connectivity index (χ4v) is 5.38. The van der Waals surface area contributed by atoms with Gasteiger partial charge in [0.1, 0.15) is 6.04 Å². The Bertz CT molecular complexity index is 1200. The Morgan fingerprint density at radius 3 is 2.17 bits per heavy atom. The van der Waals surface area contributed by atoms with E-state index in [0.29, 0.717) is 47.9 Å². The normalized spacial score (nSPS) is 17.6. The van der Waals surface area contributed by atoms with Crippen LogP contribution in [0.25, 0.3) is 0 Å². The van der Waals surface area contributed by atoms with E-state index < -0.39 is 5.97 Å². The molecule has 0 saturated heterocycles. The van der Waals surface area contributed by atoms with Crippen LogP contribution in [-0.2, 0) is 31.9 Å². The van der Waals surface area contributed by atoms with Gasteiger partial charge in [-0.2, -0.15) is 0 Å². The van der Waals surface area contributed by atoms with Crippen molar-refractivity contribution in [1.29, 1.82) is 0 Å². The molecule has 0 fully saturated rings. The molecule has 1 aliphatic heterocycles. The molecular weight excluding hydrogens is 526 g/mol. The fraction of sp³-hybridized carbons (Fsp3) is 0.500. The topological polar surface area (TPSA) is 89.5 Å². The van der Waals surface area contributed by atoms with Crippen LogP contribution >= 0.6 is 0 Å². The lowest BCUT2D eigenvalue weighted by Crippen LogP contribution is -2.53. The molecule has 0 radical (unpaired) electrons. The summed E-state index contributed by atoms with van der Waals surface area (Å²) in [5.74, 6) is 2.15. The number of hydrogen-bond donors (Lipinski definition) is 0. The number of carbonyl (C=O) groups excluding carboxylic acids is 2. The van der Waals surface area contributed by atoms with Gasteiger partial charge in [-0.25, -0.2) is 4.79 Å². The van der Waals surface area contributed by atoms with E-state index >= 15 is 0 Å². The Morgan fingerprint density at radius 2 is 1.51 bits per heavy atom. The molecule has 0 aromatic heterocycles. The zero-order chi connectivity index (χ0) is 29.8. The van der Waals surface area contributed by atoms with Gasteiger partial charge in [-0.15, -0.1) is 0 Å². The number of esters is 2. The number of benzene rings is 2. The van der Waals surface area contributed by atoms with E-state index in [1.54, 1.807) is 28.4 Å². The van der Waals surface area contributed by atoms with Gasteiger partial charge < -0.3 is 32.9 Å². The van der Waals surface area contributed by atoms with Crippen molar-refractivity contribution in [2.45, 2.75) is 44.6 Å². The Hall–Kier alpha value is -3.72. The van der Waals surface area contributed by atoms with Crippen LogP contribution in [0, 0.1) is 0 Å². The molecule has 0 spiro atoms. The molecule has 0 saturated carbocycles. The molecule has 9 heteroatoms. The van der Waals surface area contributed by atoms with E-state index in [4.69, 9.17) is 28.4 Å². The van der Waals surface area contributed by atoms with Gasteiger partial charge in [0.25, 0.3) is 0 Å². The average Bonchev–Trinajstić information content (AvgIpc) is 3.00. The third kappa shape index (κ3) is 8.39. The molecule has 0 N–H and O–H groups in total. The van der Waals surface area contributed by atoms with E-state index in [9.17, 15) is 9.59 Å². The lowest BCUT2D eigenvalue weighted by atomic mass is 9.86. The number of ether oxygens (including phenoxy) is 6. The van der Waals surface area contributed by atoms with Crippen molar-refractivity contribution in [1.82, 2.24) is 0 Å². The van der Waals surface area contributed by atoms with Gasteiger partial charge >= 0.3 is 11.9 Å². The minimum atomic E-state index is -0.421. The molecule has 2 aromatic rings. The van der Waals surface area contributed by atoms with Crippen LogP contribution in [0.4, 0.5) is 0 Å². The predicted octanol–water partition coefficient (Wildman–Crippen LogP) is 4.84. The van der Waals surface area contributed by atoms with Gasteiger partial charge in [0.15, 0.2) is 23.0 Å². The number of fused-ring (bicyclic) bond motifs is 1. The van der Waals surface area contributed by atoms with Crippen molar-refractivity contribution < 1.29 is 42.5 Å². The molecule has 2 aromatic carbocycles. The first-order valence-corrected chi connectivity index (χ1v) is 14.0. The molecule has 41 heavy (non-hydrogen) atoms. The minimum Gasteiger partial charge on any atom is -0.493 e. The van der Waals surface area contributed by atoms with Gasteiger partial charge in [-0.1, -0.05) is 12.6 Å². The molecule has 0 unspecified atom stereocenters. The molecule has 0 amide bonds. The van der Waals surface area contributed by atoms with E-state index in [1.165, 1.54) is 11.1 Å². The highest BCUT2D eigenvalue weighted by Crippen LogP contribution is 2.43. The number of likely N-dealkylation sites (N-methyl/N-ethyl adjacent to an activating group) is 1. The summed E-state index contributed by atoms with van der Waals surface area (Å²) in [7, 11) is 8.77. The summed E-state index contributed by atoms with van der Waals surface area (Å²) in [5, 5.41) is 0. The maximum Gasteiger partial charge on any atom is 0.330 e. The van der Waals surface area contributed by atoms with Crippen molar-refractivity contribution in [3.05, 3.63) is 59.7 Å². The zero-order valence-electron chi connectivity index (χ0n) is 25.0. The quantitative estimate of drug-likeness (QED) is 0.123. The van der Waals surface area contributed by atoms with Gasteiger partial charge in [0, 0.05) is 24.5 Å². The maximum atomic E-state index is 12.7. The summed E-state index contributed by atoms with van der Waals surface area (Å²) in [6.45, 7) is 5.58. The lowest BCUT2D eigenvalue weighted by Gasteiger charge is -2.46. The number of rotatable bonds is 16. The molecule has 9 nitrogen and oxygen atoms in total. The van der Waals surface area contributed by atoms with Gasteiger partial charge in [0.05, 0.1) is 68.2 Å². The second-order valence-corrected chi connectivity index (χ2v) is 10.4. The van der Waals surface area contributed by atoms with E-state index in [-0.39, 0.29) is 12.0 Å². The van der Waals surface area contributed by atoms with Crippen LogP contribution in [0.15, 0.2) is 43.0 Å². The molecule has 0 aliphatic carbocycles. The predicted molar refractivity (Wildman–Crippen MR) is 156 cm³/mol. The molecule has 1 aliphatic rings. The molecule has 224 valence electrons. The average molecular weight is 571 g/mol. The Kier molecular flexibility index (Phi) is 11.9. The standard InChI is InChI=1S/C32H44NO8/c1-7-31(34)40-17-9-8-10-18-41-32(35)14-16-33(2)15-13-24-21-29(38-5)30(39-6)22-25(24)26(33)19-23-11-12-27(36-3)28(20-23)37-4/h7,11-12,20-22,26H,1,8-10,13-19H2,2-6H3/q+1/t26-,33+/m0/s1. The SMILES string of the molecule is C=CC(=O)OCCCCCOC(=O)CC[N@@+]1(C)CCc2cc(OC)c(OC)cc2[C@@H]1Cc1ccc(OC)c(OC)c1. The number of methoxy groups -OCH3 is 4. The minimum absolute atomic E-state index is 0.0720. The highest BCUT2D eigenvalue weighted by Gasteiger charge is 2.40. The van der Waals surface area contributed by atoms with Gasteiger partial charge in [0.2, 0.25) is 0 Å². The first-order chi connectivity index (χ1) is 19.8. The maximum absolute atomic E-state index is 12.7. The zero-order valence-corrected chi connectivity index (χ0v) is 25.0. The summed E-state index contributed by atoms with van der Waals surface area (Å²) in [6, 6.07) is 10.2. The van der Waals surface area contributed by atoms with Crippen molar-refractivity contribution in [3.8, 4) is 23.0 Å². The van der Waals surface area contributed by atoms with E-state index in [2.05, 4.69) is 31.8 Å². The van der Waals surface area contributed by atoms with Gasteiger partial charge in [-0.05, 0) is 54.7 Å². The Morgan fingerprint density at radius 1 is 0.878 bits per heavy atom. The molecule has 3 rings (SSSR count). The number of nitrogens with zero attached hydrogens (tertiary/aromatic N) is 1. The summed E-state index contributed by atoms with van der Waals surface area (Å²) in [5.41, 5.74) is 3.53. The third-order valence-corrected chi connectivity index (χ3v) is 7.82. The largest absolute Gasteiger partial charge is 0.493 e. The first kappa shape index (κ1) is 31.8. The van der Waals surface area contributed by atoms with Crippen molar-refractivity contribution >= 4 is 11.9 Å². The van der Waals surface area contributed by atoms with Crippen molar-refractivity contribution in [3.63, 3.8) is 0 Å². The van der Waals surface area contributed by atoms with E-state index in [1.807, 2.05) is 12.1 Å². The third-order valence-electron chi connectivity index (χ3n) is 7.82. The second-order valence-electron chi connectivity index (χ2n) is 10.4. The summed E-state index contributed by atoms with van der Waals surface area (Å²) in [4.78, 5) is 23.8. The lowest BCUT2D eigenvalue weighted by molar-refractivity contribution is -0.940. The monoisotopic (exact) mass is 570 g/mol. The number of unbranched alkanes of at least 4 members (excludes halogenated alkanes) is 2. The van der Waals surface area contributed by atoms with Crippen LogP contribution in [0.5, 0.6) is 23.0 Å². The van der Waals surface area contributed by atoms with Crippen LogP contribution in [0.1, 0.15) is 48.4 Å². The highest BCUT2D eigenvalue weighted by molar-refractivity contribution is 5.81. The van der Waals surface area contributed by atoms with Crippen LogP contribution in [0.3, 0.4) is 0 Å². The van der Waals surface area contributed by atoms with Crippen molar-refractivity contribution in [2.24, 2.45) is 0 Å². The summed E-state index contributed by atoms with van der Waals surface area (Å²) < 4.78 is 33.4. The second kappa shape index (κ2) is 15.3. The van der Waals surface area contributed by atoms with Gasteiger partial charge in [-0.3, -0.25) is 4.79 Å². The summed E-state index contributed by atoms with van der Waals surface area (Å²) >= 11 is 0. The smallest absolute Gasteiger partial charge is 0.330 e. The molecular formula is C32H44NO8+. The number of quaternary nitrogens is 1. The first-order valence-electron chi connectivity index (χ1n) is 14.0. The highest BCUT2D eigenvalue weighted by atomic mass is 16.5. The van der Waals surface area contributed by atoms with Crippen LogP contribution in [-0.4, -0.2) is 78.2 Å². The fourth-order valence-electron chi connectivity index (χ4n) is 5.38. The molecule has 2 atom stereocenters. The number of carbonyl (C=O) groups is 2. The Balaban J connectivity index is 1.72. The molecule has 0 bridgehead atoms. The molecule has 1 heterocycles. The number of hydrogen-bond acceptors (Lipinski definition) is 8. The van der Waals surface area contributed by atoms with Crippen LogP contribution in [0.2, 0.25) is 0 Å².